The standard InChI is InChI=1S/C19H27N5OS2/c25-15(22-14-8-4-3-5-9-14)12-26-18-16-17(20-13-21-18)23-19(27-16)24-10-6-1-2-7-11-24/h13-14H,1-12H2,(H,22,25). The van der Waals surface area contributed by atoms with Gasteiger partial charge in [0.1, 0.15) is 16.1 Å². The molecule has 4 rings (SSSR count). The number of nitrogens with zero attached hydrogens (tertiary/aromatic N) is 4. The summed E-state index contributed by atoms with van der Waals surface area (Å²) in [5, 5.41) is 5.09. The van der Waals surface area contributed by atoms with Crippen molar-refractivity contribution in [1.82, 2.24) is 20.3 Å². The van der Waals surface area contributed by atoms with Gasteiger partial charge in [0.15, 0.2) is 10.8 Å². The highest BCUT2D eigenvalue weighted by atomic mass is 32.2. The molecule has 1 aliphatic heterocycles. The molecule has 1 saturated heterocycles. The third-order valence-electron chi connectivity index (χ3n) is 5.33. The van der Waals surface area contributed by atoms with Crippen molar-refractivity contribution in [3.05, 3.63) is 6.33 Å². The largest absolute Gasteiger partial charge is 0.353 e. The van der Waals surface area contributed by atoms with Crippen LogP contribution in [0.3, 0.4) is 0 Å². The van der Waals surface area contributed by atoms with Gasteiger partial charge in [-0.2, -0.15) is 4.98 Å². The Morgan fingerprint density at radius 1 is 1.11 bits per heavy atom. The molecule has 6 nitrogen and oxygen atoms in total. The molecule has 0 aromatic carbocycles. The second-order valence-corrected chi connectivity index (χ2v) is 9.36. The summed E-state index contributed by atoms with van der Waals surface area (Å²) in [6, 6.07) is 0.357. The molecular formula is C19H27N5OS2. The number of hydrogen-bond acceptors (Lipinski definition) is 7. The molecule has 1 amide bonds. The Kier molecular flexibility index (Phi) is 6.44. The second kappa shape index (κ2) is 9.19. The van der Waals surface area contributed by atoms with Gasteiger partial charge >= 0.3 is 0 Å². The number of nitrogens with one attached hydrogen (secondary N) is 1. The van der Waals surface area contributed by atoms with Crippen molar-refractivity contribution in [2.45, 2.75) is 68.9 Å². The van der Waals surface area contributed by atoms with E-state index >= 15 is 0 Å². The number of rotatable bonds is 5. The summed E-state index contributed by atoms with van der Waals surface area (Å²) < 4.78 is 1.01. The number of thioether (sulfide) groups is 1. The van der Waals surface area contributed by atoms with Crippen LogP contribution in [0.2, 0.25) is 0 Å². The van der Waals surface area contributed by atoms with Gasteiger partial charge in [0, 0.05) is 19.1 Å². The SMILES string of the molecule is O=C(CSc1ncnc2nc(N3CCCCCC3)sc12)NC1CCCCC1. The molecule has 27 heavy (non-hydrogen) atoms. The minimum atomic E-state index is 0.107. The molecule has 1 N–H and O–H groups in total. The minimum Gasteiger partial charge on any atom is -0.353 e. The summed E-state index contributed by atoms with van der Waals surface area (Å²) in [5.41, 5.74) is 0.754. The van der Waals surface area contributed by atoms with E-state index in [1.165, 1.54) is 56.7 Å². The molecule has 1 aliphatic carbocycles. The maximum atomic E-state index is 12.3. The van der Waals surface area contributed by atoms with Crippen LogP contribution in [0.1, 0.15) is 57.8 Å². The van der Waals surface area contributed by atoms with E-state index < -0.39 is 0 Å². The van der Waals surface area contributed by atoms with Crippen LogP contribution in [0, 0.1) is 0 Å². The molecule has 2 aromatic rings. The Balaban J connectivity index is 1.41. The van der Waals surface area contributed by atoms with Gasteiger partial charge in [-0.3, -0.25) is 4.79 Å². The van der Waals surface area contributed by atoms with Crippen molar-refractivity contribution in [3.63, 3.8) is 0 Å². The van der Waals surface area contributed by atoms with Gasteiger partial charge in [0.05, 0.1) is 5.75 Å². The number of thiazole rings is 1. The predicted octanol–water partition coefficient (Wildman–Crippen LogP) is 4.01. The fraction of sp³-hybridized carbons (Fsp3) is 0.684. The van der Waals surface area contributed by atoms with Gasteiger partial charge in [-0.05, 0) is 25.7 Å². The molecule has 8 heteroatoms. The number of hydrogen-bond donors (Lipinski definition) is 1. The van der Waals surface area contributed by atoms with E-state index in [1.54, 1.807) is 17.7 Å². The molecule has 146 valence electrons. The van der Waals surface area contributed by atoms with Crippen molar-refractivity contribution < 1.29 is 4.79 Å². The zero-order valence-corrected chi connectivity index (χ0v) is 17.3. The average Bonchev–Trinajstić information content (AvgIpc) is 2.94. The minimum absolute atomic E-state index is 0.107. The Hall–Kier alpha value is -1.41. The van der Waals surface area contributed by atoms with Crippen molar-refractivity contribution in [3.8, 4) is 0 Å². The Bertz CT molecular complexity index is 767. The number of fused-ring (bicyclic) bond motifs is 1. The normalized spacial score (nSPS) is 19.2. The van der Waals surface area contributed by atoms with Crippen LogP contribution in [0.5, 0.6) is 0 Å². The second-order valence-electron chi connectivity index (χ2n) is 7.42. The third kappa shape index (κ3) is 4.90. The topological polar surface area (TPSA) is 71.0 Å². The number of aromatic nitrogens is 3. The molecule has 1 saturated carbocycles. The van der Waals surface area contributed by atoms with E-state index in [-0.39, 0.29) is 5.91 Å². The Morgan fingerprint density at radius 3 is 2.63 bits per heavy atom. The molecule has 0 radical (unpaired) electrons. The molecule has 3 heterocycles. The number of carbonyl (C=O) groups excluding carboxylic acids is 1. The smallest absolute Gasteiger partial charge is 0.230 e. The molecule has 2 aliphatic rings. The fourth-order valence-electron chi connectivity index (χ4n) is 3.87. The summed E-state index contributed by atoms with van der Waals surface area (Å²) in [4.78, 5) is 28.2. The van der Waals surface area contributed by atoms with Crippen LogP contribution in [-0.4, -0.2) is 45.7 Å². The van der Waals surface area contributed by atoms with Crippen LogP contribution in [0.4, 0.5) is 5.13 Å². The first-order chi connectivity index (χ1) is 13.3. The summed E-state index contributed by atoms with van der Waals surface area (Å²) >= 11 is 3.16. The van der Waals surface area contributed by atoms with Crippen LogP contribution in [0.25, 0.3) is 10.3 Å². The lowest BCUT2D eigenvalue weighted by atomic mass is 9.95. The molecule has 0 bridgehead atoms. The van der Waals surface area contributed by atoms with Gasteiger partial charge < -0.3 is 10.2 Å². The molecule has 2 aromatic heterocycles. The highest BCUT2D eigenvalue weighted by Crippen LogP contribution is 2.34. The van der Waals surface area contributed by atoms with Gasteiger partial charge in [0.2, 0.25) is 5.91 Å². The number of carbonyl (C=O) groups is 1. The molecule has 0 atom stereocenters. The van der Waals surface area contributed by atoms with Crippen molar-refractivity contribution in [2.24, 2.45) is 0 Å². The van der Waals surface area contributed by atoms with Crippen LogP contribution < -0.4 is 10.2 Å². The average molecular weight is 406 g/mol. The fourth-order valence-corrected chi connectivity index (χ4v) is 5.83. The first kappa shape index (κ1) is 18.9. The summed E-state index contributed by atoms with van der Waals surface area (Å²) in [7, 11) is 0. The van der Waals surface area contributed by atoms with Crippen LogP contribution in [-0.2, 0) is 4.79 Å². The lowest BCUT2D eigenvalue weighted by Gasteiger charge is -2.22. The van der Waals surface area contributed by atoms with E-state index in [1.807, 2.05) is 0 Å². The van der Waals surface area contributed by atoms with Gasteiger partial charge in [-0.15, -0.1) is 0 Å². The van der Waals surface area contributed by atoms with Crippen LogP contribution in [0.15, 0.2) is 11.4 Å². The quantitative estimate of drug-likeness (QED) is 0.599. The Morgan fingerprint density at radius 2 is 1.85 bits per heavy atom. The van der Waals surface area contributed by atoms with Crippen molar-refractivity contribution in [2.75, 3.05) is 23.7 Å². The molecule has 0 unspecified atom stereocenters. The molecular weight excluding hydrogens is 378 g/mol. The van der Waals surface area contributed by atoms with Gasteiger partial charge in [0.25, 0.3) is 0 Å². The van der Waals surface area contributed by atoms with Gasteiger partial charge in [-0.25, -0.2) is 9.97 Å². The zero-order chi connectivity index (χ0) is 18.5. The first-order valence-corrected chi connectivity index (χ1v) is 11.9. The van der Waals surface area contributed by atoms with Gasteiger partial charge in [-0.1, -0.05) is 55.2 Å². The number of amides is 1. The van der Waals surface area contributed by atoms with E-state index in [0.717, 1.165) is 46.4 Å². The number of anilines is 1. The van der Waals surface area contributed by atoms with E-state index in [2.05, 4.69) is 20.2 Å². The molecule has 0 spiro atoms. The lowest BCUT2D eigenvalue weighted by molar-refractivity contribution is -0.119. The van der Waals surface area contributed by atoms with E-state index in [4.69, 9.17) is 4.98 Å². The van der Waals surface area contributed by atoms with E-state index in [0.29, 0.717) is 11.8 Å². The summed E-state index contributed by atoms with van der Waals surface area (Å²) in [6.07, 6.45) is 12.6. The van der Waals surface area contributed by atoms with E-state index in [9.17, 15) is 4.79 Å². The maximum absolute atomic E-state index is 12.3. The summed E-state index contributed by atoms with van der Waals surface area (Å²) in [6.45, 7) is 2.14. The zero-order valence-electron chi connectivity index (χ0n) is 15.7. The summed E-state index contributed by atoms with van der Waals surface area (Å²) in [5.74, 6) is 0.510. The highest BCUT2D eigenvalue weighted by molar-refractivity contribution is 8.00. The first-order valence-electron chi connectivity index (χ1n) is 10.1. The molecule has 2 fully saturated rings. The maximum Gasteiger partial charge on any atom is 0.230 e. The van der Waals surface area contributed by atoms with Crippen molar-refractivity contribution >= 4 is 44.5 Å². The van der Waals surface area contributed by atoms with Crippen molar-refractivity contribution in [1.29, 1.82) is 0 Å². The Labute approximate surface area is 168 Å². The predicted molar refractivity (Wildman–Crippen MR) is 112 cm³/mol. The monoisotopic (exact) mass is 405 g/mol. The highest BCUT2D eigenvalue weighted by Gasteiger charge is 2.19. The third-order valence-corrected chi connectivity index (χ3v) is 7.56. The lowest BCUT2D eigenvalue weighted by Crippen LogP contribution is -2.37. The van der Waals surface area contributed by atoms with Crippen LogP contribution >= 0.6 is 23.1 Å².